The van der Waals surface area contributed by atoms with Gasteiger partial charge in [0.1, 0.15) is 11.5 Å². The zero-order valence-corrected chi connectivity index (χ0v) is 14.2. The van der Waals surface area contributed by atoms with Crippen molar-refractivity contribution in [3.05, 3.63) is 59.7 Å². The van der Waals surface area contributed by atoms with Crippen molar-refractivity contribution in [1.29, 1.82) is 0 Å². The topological polar surface area (TPSA) is 63.7 Å². The zero-order chi connectivity index (χ0) is 18.0. The minimum absolute atomic E-state index is 0.0766. The van der Waals surface area contributed by atoms with Gasteiger partial charge in [-0.2, -0.15) is 0 Å². The average molecular weight is 347 g/mol. The molecule has 3 aliphatic carbocycles. The molecule has 5 heteroatoms. The molecule has 2 fully saturated rings. The van der Waals surface area contributed by atoms with Crippen molar-refractivity contribution < 1.29 is 19.1 Å². The smallest absolute Gasteiger partial charge is 0.238 e. The maximum absolute atomic E-state index is 13.2. The summed E-state index contributed by atoms with van der Waals surface area (Å²) in [5.41, 5.74) is 2.51. The molecule has 5 nitrogen and oxygen atoms in total. The summed E-state index contributed by atoms with van der Waals surface area (Å²) in [5.74, 6) is -1.44. The molecular weight excluding hydrogens is 330 g/mol. The summed E-state index contributed by atoms with van der Waals surface area (Å²) in [6.45, 7) is 0. The highest BCUT2D eigenvalue weighted by Gasteiger charge is 2.62. The Kier molecular flexibility index (Phi) is 3.11. The van der Waals surface area contributed by atoms with Crippen LogP contribution in [0.25, 0.3) is 0 Å². The fraction of sp³-hybridized carbons (Fsp3) is 0.286. The molecule has 0 unspecified atom stereocenters. The summed E-state index contributed by atoms with van der Waals surface area (Å²) in [4.78, 5) is 40.3. The van der Waals surface area contributed by atoms with Gasteiger partial charge in [0, 0.05) is 12.3 Å². The van der Waals surface area contributed by atoms with E-state index in [1.165, 1.54) is 4.90 Å². The number of ketones is 1. The second-order valence-electron chi connectivity index (χ2n) is 7.14. The number of carbonyl (C=O) groups is 3. The van der Waals surface area contributed by atoms with E-state index < -0.39 is 17.8 Å². The van der Waals surface area contributed by atoms with E-state index in [0.29, 0.717) is 17.9 Å². The molecule has 2 aromatic rings. The number of fused-ring (bicyclic) bond motifs is 1. The van der Waals surface area contributed by atoms with Gasteiger partial charge in [-0.25, -0.2) is 0 Å². The standard InChI is InChI=1S/C21H17NO4/c1-26-12-8-6-11(7-9-12)22-20(24)18-15-10-16(23)17(19(18)21(22)25)14-5-3-2-4-13(14)15/h2-9,15,17-19H,10H2,1H3/t15-,17-,18-,19+/m1/s1. The second-order valence-corrected chi connectivity index (χ2v) is 7.14. The molecule has 2 amide bonds. The number of anilines is 1. The van der Waals surface area contributed by atoms with Crippen molar-refractivity contribution in [2.24, 2.45) is 11.8 Å². The normalized spacial score (nSPS) is 29.0. The minimum atomic E-state index is -0.578. The molecule has 0 spiro atoms. The number of imide groups is 1. The van der Waals surface area contributed by atoms with Crippen molar-refractivity contribution in [3.63, 3.8) is 0 Å². The van der Waals surface area contributed by atoms with Crippen molar-refractivity contribution in [2.75, 3.05) is 12.0 Å². The van der Waals surface area contributed by atoms with Crippen molar-refractivity contribution >= 4 is 23.3 Å². The number of carbonyl (C=O) groups excluding carboxylic acids is 3. The molecule has 4 aliphatic rings. The predicted molar refractivity (Wildman–Crippen MR) is 94.0 cm³/mol. The number of hydrogen-bond donors (Lipinski definition) is 0. The molecule has 0 aromatic heterocycles. The Bertz CT molecular complexity index is 949. The zero-order valence-electron chi connectivity index (χ0n) is 14.2. The fourth-order valence-corrected chi connectivity index (χ4v) is 4.95. The number of methoxy groups -OCH3 is 1. The van der Waals surface area contributed by atoms with E-state index in [0.717, 1.165) is 11.1 Å². The monoisotopic (exact) mass is 347 g/mol. The van der Waals surface area contributed by atoms with Gasteiger partial charge in [-0.15, -0.1) is 0 Å². The van der Waals surface area contributed by atoms with E-state index >= 15 is 0 Å². The first-order valence-corrected chi connectivity index (χ1v) is 8.75. The van der Waals surface area contributed by atoms with Crippen molar-refractivity contribution in [3.8, 4) is 5.75 Å². The Morgan fingerprint density at radius 3 is 2.23 bits per heavy atom. The maximum atomic E-state index is 13.2. The SMILES string of the molecule is COc1ccc(N2C(=O)[C@@H]3[C@H](C2=O)[C@@H]2CC(=O)[C@H]3c3ccccc32)cc1. The summed E-state index contributed by atoms with van der Waals surface area (Å²) in [6.07, 6.45) is 0.346. The highest BCUT2D eigenvalue weighted by Crippen LogP contribution is 2.57. The molecular formula is C21H17NO4. The van der Waals surface area contributed by atoms with Gasteiger partial charge in [-0.1, -0.05) is 24.3 Å². The first kappa shape index (κ1) is 15.3. The summed E-state index contributed by atoms with van der Waals surface area (Å²) in [7, 11) is 1.57. The van der Waals surface area contributed by atoms with Crippen LogP contribution in [0.15, 0.2) is 48.5 Å². The lowest BCUT2D eigenvalue weighted by molar-refractivity contribution is -0.134. The summed E-state index contributed by atoms with van der Waals surface area (Å²) < 4.78 is 5.15. The summed E-state index contributed by atoms with van der Waals surface area (Å²) in [6, 6.07) is 14.6. The Labute approximate surface area is 150 Å². The van der Waals surface area contributed by atoms with E-state index in [-0.39, 0.29) is 23.5 Å². The molecule has 0 radical (unpaired) electrons. The van der Waals surface area contributed by atoms with Gasteiger partial charge >= 0.3 is 0 Å². The number of benzene rings is 2. The third-order valence-electron chi connectivity index (χ3n) is 6.02. The van der Waals surface area contributed by atoms with Crippen LogP contribution >= 0.6 is 0 Å². The number of Topliss-reactive ketones (excluding diaryl/α,β-unsaturated/α-hetero) is 1. The molecule has 130 valence electrons. The predicted octanol–water partition coefficient (Wildman–Crippen LogP) is 2.65. The summed E-state index contributed by atoms with van der Waals surface area (Å²) >= 11 is 0. The van der Waals surface area contributed by atoms with Crippen LogP contribution in [0.3, 0.4) is 0 Å². The van der Waals surface area contributed by atoms with Gasteiger partial charge in [0.25, 0.3) is 0 Å². The van der Waals surface area contributed by atoms with Gasteiger partial charge in [0.15, 0.2) is 0 Å². The number of rotatable bonds is 2. The molecule has 6 rings (SSSR count). The second kappa shape index (κ2) is 5.27. The van der Waals surface area contributed by atoms with Gasteiger partial charge in [-0.05, 0) is 35.4 Å². The number of ether oxygens (including phenoxy) is 1. The van der Waals surface area contributed by atoms with Gasteiger partial charge in [-0.3, -0.25) is 19.3 Å². The molecule has 1 saturated carbocycles. The van der Waals surface area contributed by atoms with Crippen molar-refractivity contribution in [2.45, 2.75) is 18.3 Å². The van der Waals surface area contributed by atoms with Gasteiger partial charge in [0.2, 0.25) is 11.8 Å². The molecule has 2 bridgehead atoms. The van der Waals surface area contributed by atoms with Crippen LogP contribution in [0, 0.1) is 11.8 Å². The first-order chi connectivity index (χ1) is 12.6. The Balaban J connectivity index is 1.61. The quantitative estimate of drug-likeness (QED) is 0.784. The molecule has 0 N–H and O–H groups in total. The van der Waals surface area contributed by atoms with Crippen LogP contribution in [0.1, 0.15) is 29.4 Å². The minimum Gasteiger partial charge on any atom is -0.497 e. The molecule has 2 aromatic carbocycles. The van der Waals surface area contributed by atoms with E-state index in [2.05, 4.69) is 0 Å². The molecule has 26 heavy (non-hydrogen) atoms. The lowest BCUT2D eigenvalue weighted by Crippen LogP contribution is -2.44. The van der Waals surface area contributed by atoms with Crippen molar-refractivity contribution in [1.82, 2.24) is 0 Å². The third kappa shape index (κ3) is 1.83. The fourth-order valence-electron chi connectivity index (χ4n) is 4.95. The Morgan fingerprint density at radius 1 is 0.885 bits per heavy atom. The summed E-state index contributed by atoms with van der Waals surface area (Å²) in [5, 5.41) is 0. The number of hydrogen-bond acceptors (Lipinski definition) is 4. The van der Waals surface area contributed by atoms with Crippen LogP contribution in [0.4, 0.5) is 5.69 Å². The van der Waals surface area contributed by atoms with E-state index in [1.54, 1.807) is 31.4 Å². The maximum Gasteiger partial charge on any atom is 0.238 e. The van der Waals surface area contributed by atoms with Crippen LogP contribution in [-0.4, -0.2) is 24.7 Å². The highest BCUT2D eigenvalue weighted by molar-refractivity contribution is 6.24. The average Bonchev–Trinajstić information content (AvgIpc) is 2.94. The van der Waals surface area contributed by atoms with Crippen LogP contribution in [0.5, 0.6) is 5.75 Å². The third-order valence-corrected chi connectivity index (χ3v) is 6.02. The Hall–Kier alpha value is -2.95. The van der Waals surface area contributed by atoms with Crippen LogP contribution in [0.2, 0.25) is 0 Å². The Morgan fingerprint density at radius 2 is 1.54 bits per heavy atom. The number of nitrogens with zero attached hydrogens (tertiary/aromatic N) is 1. The first-order valence-electron chi connectivity index (χ1n) is 8.75. The molecule has 1 heterocycles. The number of amides is 2. The lowest BCUT2D eigenvalue weighted by atomic mass is 9.56. The molecule has 1 saturated heterocycles. The largest absolute Gasteiger partial charge is 0.497 e. The molecule has 4 atom stereocenters. The van der Waals surface area contributed by atoms with E-state index in [9.17, 15) is 14.4 Å². The van der Waals surface area contributed by atoms with Crippen LogP contribution < -0.4 is 9.64 Å². The van der Waals surface area contributed by atoms with E-state index in [1.807, 2.05) is 24.3 Å². The highest BCUT2D eigenvalue weighted by atomic mass is 16.5. The lowest BCUT2D eigenvalue weighted by Gasteiger charge is -2.43. The van der Waals surface area contributed by atoms with Gasteiger partial charge in [0.05, 0.1) is 30.6 Å². The molecule has 1 aliphatic heterocycles. The van der Waals surface area contributed by atoms with Crippen LogP contribution in [-0.2, 0) is 14.4 Å². The van der Waals surface area contributed by atoms with Gasteiger partial charge < -0.3 is 4.74 Å². The van der Waals surface area contributed by atoms with E-state index in [4.69, 9.17) is 4.74 Å².